The lowest BCUT2D eigenvalue weighted by atomic mass is 10.2. The first-order valence-electron chi connectivity index (χ1n) is 7.19. The van der Waals surface area contributed by atoms with E-state index in [9.17, 15) is 0 Å². The van der Waals surface area contributed by atoms with Crippen LogP contribution in [-0.2, 0) is 19.6 Å². The van der Waals surface area contributed by atoms with E-state index in [1.165, 1.54) is 5.56 Å². The first kappa shape index (κ1) is 14.7. The molecule has 0 unspecified atom stereocenters. The van der Waals surface area contributed by atoms with Gasteiger partial charge in [-0.25, -0.2) is 0 Å². The second-order valence-corrected chi connectivity index (χ2v) is 5.19. The third-order valence-corrected chi connectivity index (χ3v) is 3.22. The summed E-state index contributed by atoms with van der Waals surface area (Å²) in [5, 5.41) is 3.39. The van der Waals surface area contributed by atoms with Crippen LogP contribution < -0.4 is 10.1 Å². The Kier molecular flexibility index (Phi) is 5.24. The normalized spacial score (nSPS) is 11.0. The van der Waals surface area contributed by atoms with Gasteiger partial charge in [-0.2, -0.15) is 0 Å². The van der Waals surface area contributed by atoms with Gasteiger partial charge in [0.25, 0.3) is 0 Å². The molecule has 0 aliphatic carbocycles. The molecule has 0 aliphatic heterocycles. The zero-order valence-corrected chi connectivity index (χ0v) is 12.5. The number of rotatable bonds is 7. The highest BCUT2D eigenvalue weighted by molar-refractivity contribution is 5.28. The molecule has 0 bridgehead atoms. The molecule has 0 saturated heterocycles. The van der Waals surface area contributed by atoms with Crippen LogP contribution in [0.1, 0.15) is 37.7 Å². The van der Waals surface area contributed by atoms with Crippen molar-refractivity contribution in [2.75, 3.05) is 0 Å². The number of ether oxygens (including phenoxy) is 1. The average molecular weight is 273 g/mol. The molecule has 20 heavy (non-hydrogen) atoms. The molecule has 1 aromatic carbocycles. The molecule has 0 aliphatic rings. The number of furan rings is 1. The van der Waals surface area contributed by atoms with Gasteiger partial charge in [-0.15, -0.1) is 0 Å². The Morgan fingerprint density at radius 1 is 1.25 bits per heavy atom. The Morgan fingerprint density at radius 2 is 2.10 bits per heavy atom. The highest BCUT2D eigenvalue weighted by atomic mass is 16.5. The summed E-state index contributed by atoms with van der Waals surface area (Å²) in [6.45, 7) is 7.68. The summed E-state index contributed by atoms with van der Waals surface area (Å²) in [6.07, 6.45) is 2.74. The molecule has 0 radical (unpaired) electrons. The summed E-state index contributed by atoms with van der Waals surface area (Å²) in [5.41, 5.74) is 2.44. The van der Waals surface area contributed by atoms with Gasteiger partial charge in [0.05, 0.1) is 6.26 Å². The van der Waals surface area contributed by atoms with E-state index in [4.69, 9.17) is 9.15 Å². The van der Waals surface area contributed by atoms with Crippen LogP contribution in [0.5, 0.6) is 5.75 Å². The Labute approximate surface area is 121 Å². The minimum Gasteiger partial charge on any atom is -0.486 e. The van der Waals surface area contributed by atoms with Crippen molar-refractivity contribution >= 4 is 0 Å². The van der Waals surface area contributed by atoms with Crippen LogP contribution in [0.15, 0.2) is 41.0 Å². The van der Waals surface area contributed by atoms with Gasteiger partial charge >= 0.3 is 0 Å². The SMILES string of the molecule is CCc1cccc(OCc2occc2CNC(C)C)c1. The van der Waals surface area contributed by atoms with Crippen LogP contribution in [-0.4, -0.2) is 6.04 Å². The average Bonchev–Trinajstić information content (AvgIpc) is 2.90. The molecule has 0 saturated carbocycles. The van der Waals surface area contributed by atoms with E-state index >= 15 is 0 Å². The van der Waals surface area contributed by atoms with Crippen molar-refractivity contribution < 1.29 is 9.15 Å². The summed E-state index contributed by atoms with van der Waals surface area (Å²) in [7, 11) is 0. The summed E-state index contributed by atoms with van der Waals surface area (Å²) >= 11 is 0. The summed E-state index contributed by atoms with van der Waals surface area (Å²) in [4.78, 5) is 0. The Morgan fingerprint density at radius 3 is 2.85 bits per heavy atom. The fourth-order valence-electron chi connectivity index (χ4n) is 1.97. The van der Waals surface area contributed by atoms with Crippen LogP contribution in [0.3, 0.4) is 0 Å². The van der Waals surface area contributed by atoms with E-state index in [0.717, 1.165) is 30.0 Å². The topological polar surface area (TPSA) is 34.4 Å². The fourth-order valence-corrected chi connectivity index (χ4v) is 1.97. The van der Waals surface area contributed by atoms with Crippen molar-refractivity contribution in [2.45, 2.75) is 46.4 Å². The van der Waals surface area contributed by atoms with Gasteiger partial charge in [-0.05, 0) is 30.2 Å². The van der Waals surface area contributed by atoms with Gasteiger partial charge in [0.1, 0.15) is 18.1 Å². The van der Waals surface area contributed by atoms with Crippen LogP contribution >= 0.6 is 0 Å². The number of aryl methyl sites for hydroxylation is 1. The molecule has 108 valence electrons. The van der Waals surface area contributed by atoms with Gasteiger partial charge in [0, 0.05) is 18.2 Å². The Bertz CT molecular complexity index is 531. The maximum Gasteiger partial charge on any atom is 0.146 e. The standard InChI is InChI=1S/C17H23NO2/c1-4-14-6-5-7-16(10-14)20-12-17-15(8-9-19-17)11-18-13(2)3/h5-10,13,18H,4,11-12H2,1-3H3. The smallest absolute Gasteiger partial charge is 0.146 e. The van der Waals surface area contributed by atoms with Crippen LogP contribution in [0.4, 0.5) is 0 Å². The second kappa shape index (κ2) is 7.15. The van der Waals surface area contributed by atoms with Gasteiger partial charge < -0.3 is 14.5 Å². The zero-order chi connectivity index (χ0) is 14.4. The number of hydrogen-bond acceptors (Lipinski definition) is 3. The maximum absolute atomic E-state index is 5.82. The van der Waals surface area contributed by atoms with Crippen LogP contribution in [0.2, 0.25) is 0 Å². The predicted molar refractivity (Wildman–Crippen MR) is 80.8 cm³/mol. The van der Waals surface area contributed by atoms with Crippen LogP contribution in [0, 0.1) is 0 Å². The van der Waals surface area contributed by atoms with E-state index in [0.29, 0.717) is 12.6 Å². The van der Waals surface area contributed by atoms with Crippen molar-refractivity contribution in [2.24, 2.45) is 0 Å². The molecule has 0 amide bonds. The quantitative estimate of drug-likeness (QED) is 0.830. The molecule has 3 nitrogen and oxygen atoms in total. The minimum absolute atomic E-state index is 0.458. The number of nitrogens with one attached hydrogen (secondary N) is 1. The van der Waals surface area contributed by atoms with Crippen LogP contribution in [0.25, 0.3) is 0 Å². The third kappa shape index (κ3) is 4.14. The molecule has 1 aromatic heterocycles. The van der Waals surface area contributed by atoms with Gasteiger partial charge in [-0.1, -0.05) is 32.9 Å². The monoisotopic (exact) mass is 273 g/mol. The van der Waals surface area contributed by atoms with E-state index in [-0.39, 0.29) is 0 Å². The Balaban J connectivity index is 1.95. The molecule has 0 fully saturated rings. The van der Waals surface area contributed by atoms with E-state index in [2.05, 4.69) is 38.2 Å². The molecule has 2 rings (SSSR count). The van der Waals surface area contributed by atoms with Crippen molar-refractivity contribution in [3.63, 3.8) is 0 Å². The number of benzene rings is 1. The summed E-state index contributed by atoms with van der Waals surface area (Å²) in [5.74, 6) is 1.78. The van der Waals surface area contributed by atoms with E-state index in [1.807, 2.05) is 18.2 Å². The molecule has 3 heteroatoms. The van der Waals surface area contributed by atoms with E-state index < -0.39 is 0 Å². The van der Waals surface area contributed by atoms with Crippen molar-refractivity contribution in [3.05, 3.63) is 53.5 Å². The number of hydrogen-bond donors (Lipinski definition) is 1. The molecular formula is C17H23NO2. The summed E-state index contributed by atoms with van der Waals surface area (Å²) < 4.78 is 11.3. The van der Waals surface area contributed by atoms with Crippen molar-refractivity contribution in [3.8, 4) is 5.75 Å². The fraction of sp³-hybridized carbons (Fsp3) is 0.412. The first-order valence-corrected chi connectivity index (χ1v) is 7.19. The second-order valence-electron chi connectivity index (χ2n) is 5.19. The lowest BCUT2D eigenvalue weighted by molar-refractivity contribution is 0.267. The largest absolute Gasteiger partial charge is 0.486 e. The predicted octanol–water partition coefficient (Wildman–Crippen LogP) is 3.92. The highest BCUT2D eigenvalue weighted by Gasteiger charge is 2.08. The lowest BCUT2D eigenvalue weighted by Gasteiger charge is -2.09. The third-order valence-electron chi connectivity index (χ3n) is 3.22. The van der Waals surface area contributed by atoms with Crippen molar-refractivity contribution in [1.29, 1.82) is 0 Å². The van der Waals surface area contributed by atoms with Gasteiger partial charge in [0.15, 0.2) is 0 Å². The van der Waals surface area contributed by atoms with Crippen molar-refractivity contribution in [1.82, 2.24) is 5.32 Å². The molecule has 0 atom stereocenters. The molecule has 1 N–H and O–H groups in total. The zero-order valence-electron chi connectivity index (χ0n) is 12.5. The minimum atomic E-state index is 0.458. The molecule has 0 spiro atoms. The van der Waals surface area contributed by atoms with E-state index in [1.54, 1.807) is 6.26 Å². The summed E-state index contributed by atoms with van der Waals surface area (Å²) in [6, 6.07) is 10.6. The molecule has 2 aromatic rings. The highest BCUT2D eigenvalue weighted by Crippen LogP contribution is 2.18. The molecule has 1 heterocycles. The Hall–Kier alpha value is -1.74. The van der Waals surface area contributed by atoms with Gasteiger partial charge in [-0.3, -0.25) is 0 Å². The van der Waals surface area contributed by atoms with Gasteiger partial charge in [0.2, 0.25) is 0 Å². The first-order chi connectivity index (χ1) is 9.69. The maximum atomic E-state index is 5.82. The lowest BCUT2D eigenvalue weighted by Crippen LogP contribution is -2.22. The molecular weight excluding hydrogens is 250 g/mol.